The number of amides is 1. The maximum absolute atomic E-state index is 12.9. The monoisotopic (exact) mass is 1030 g/mol. The van der Waals surface area contributed by atoms with Crippen LogP contribution in [0.15, 0.2) is 97.6 Å². The first kappa shape index (κ1) is 59.7. The highest BCUT2D eigenvalue weighted by Crippen LogP contribution is 2.31. The maximum Gasteiger partial charge on any atom is 0.337 e. The Kier molecular flexibility index (Phi) is 19.4. The van der Waals surface area contributed by atoms with E-state index in [2.05, 4.69) is 121 Å². The van der Waals surface area contributed by atoms with Gasteiger partial charge in [0.2, 0.25) is 5.91 Å². The minimum Gasteiger partial charge on any atom is -0.465 e. The van der Waals surface area contributed by atoms with Crippen molar-refractivity contribution in [3.8, 4) is 12.1 Å². The van der Waals surface area contributed by atoms with Crippen LogP contribution in [-0.2, 0) is 39.9 Å². The smallest absolute Gasteiger partial charge is 0.337 e. The molecule has 394 valence electrons. The molecule has 1 amide bonds. The second kappa shape index (κ2) is 24.4. The Morgan fingerprint density at radius 2 is 1.12 bits per heavy atom. The van der Waals surface area contributed by atoms with Crippen molar-refractivity contribution >= 4 is 57.1 Å². The number of ketones is 1. The van der Waals surface area contributed by atoms with Gasteiger partial charge in [-0.25, -0.2) is 14.8 Å². The number of carbonyl (C=O) groups excluding carboxylic acids is 3. The van der Waals surface area contributed by atoms with Crippen molar-refractivity contribution < 1.29 is 19.1 Å². The number of fused-ring (bicyclic) bond motifs is 1. The first-order valence-corrected chi connectivity index (χ1v) is 25.3. The van der Waals surface area contributed by atoms with E-state index in [0.717, 1.165) is 48.7 Å². The summed E-state index contributed by atoms with van der Waals surface area (Å²) in [7, 11) is 3.27. The third-order valence-corrected chi connectivity index (χ3v) is 13.3. The zero-order valence-electron chi connectivity index (χ0n) is 46.3. The molecule has 0 saturated carbocycles. The second-order valence-corrected chi connectivity index (χ2v) is 24.0. The lowest BCUT2D eigenvalue weighted by molar-refractivity contribution is 0.0600. The Bertz CT molecular complexity index is 3260. The molecule has 14 nitrogen and oxygen atoms in total. The summed E-state index contributed by atoms with van der Waals surface area (Å²) in [6, 6.07) is 28.3. The number of Topliss-reactive ketones (excluding diaryl/α,β-unsaturated/α-hetero) is 1. The molecule has 1 unspecified atom stereocenters. The largest absolute Gasteiger partial charge is 0.465 e. The molecule has 8 N–H and O–H groups in total. The number of anilines is 3. The molecule has 0 saturated heterocycles. The van der Waals surface area contributed by atoms with Gasteiger partial charge in [0.1, 0.15) is 11.2 Å². The van der Waals surface area contributed by atoms with Gasteiger partial charge in [-0.2, -0.15) is 10.5 Å². The molecule has 1 atom stereocenters. The van der Waals surface area contributed by atoms with Crippen LogP contribution in [0.5, 0.6) is 0 Å². The van der Waals surface area contributed by atoms with Crippen molar-refractivity contribution in [1.29, 1.82) is 10.5 Å². The van der Waals surface area contributed by atoms with E-state index in [1.807, 2.05) is 73.3 Å². The molecule has 15 heteroatoms. The molecule has 7 rings (SSSR count). The lowest BCUT2D eigenvalue weighted by atomic mass is 9.85. The van der Waals surface area contributed by atoms with Crippen LogP contribution in [0.3, 0.4) is 0 Å². The summed E-state index contributed by atoms with van der Waals surface area (Å²) in [5.74, 6) is -0.740. The number of methoxy groups -OCH3 is 1. The Balaban J connectivity index is 0.000000241. The number of aromatic nitrogens is 4. The normalized spacial score (nSPS) is 11.8. The van der Waals surface area contributed by atoms with Gasteiger partial charge in [-0.3, -0.25) is 14.6 Å². The van der Waals surface area contributed by atoms with Crippen LogP contribution in [0, 0.1) is 22.7 Å². The summed E-state index contributed by atoms with van der Waals surface area (Å²) in [6.45, 7) is 27.2. The highest BCUT2D eigenvalue weighted by molar-refractivity contribution is 7.11. The molecular weight excluding hydrogens is 957 g/mol. The first-order chi connectivity index (χ1) is 34.7. The predicted molar refractivity (Wildman–Crippen MR) is 304 cm³/mol. The number of hydrogen-bond acceptors (Lipinski definition) is 13. The minimum absolute atomic E-state index is 0.0112. The van der Waals surface area contributed by atoms with E-state index >= 15 is 0 Å². The number of carbonyl (C=O) groups is 3. The van der Waals surface area contributed by atoms with E-state index in [4.69, 9.17) is 28.2 Å². The van der Waals surface area contributed by atoms with Gasteiger partial charge >= 0.3 is 5.97 Å². The summed E-state index contributed by atoms with van der Waals surface area (Å²) in [6.07, 6.45) is 6.28. The molecule has 4 aromatic carbocycles. The molecule has 0 aliphatic heterocycles. The fourth-order valence-electron chi connectivity index (χ4n) is 7.46. The maximum atomic E-state index is 12.9. The lowest BCUT2D eigenvalue weighted by Crippen LogP contribution is -2.16. The molecule has 0 fully saturated rings. The number of thiazole rings is 1. The number of ether oxygens (including phenoxy) is 1. The van der Waals surface area contributed by atoms with Gasteiger partial charge in [-0.05, 0) is 128 Å². The van der Waals surface area contributed by atoms with Crippen LogP contribution < -0.4 is 22.9 Å². The van der Waals surface area contributed by atoms with Crippen LogP contribution in [0.4, 0.5) is 17.1 Å². The van der Waals surface area contributed by atoms with Gasteiger partial charge < -0.3 is 32.2 Å². The van der Waals surface area contributed by atoms with Crippen LogP contribution >= 0.6 is 11.3 Å². The van der Waals surface area contributed by atoms with Crippen LogP contribution in [0.1, 0.15) is 182 Å². The number of rotatable bonds is 8. The van der Waals surface area contributed by atoms with Crippen LogP contribution in [-0.4, -0.2) is 44.3 Å². The Morgan fingerprint density at radius 1 is 0.640 bits per heavy atom. The number of benzene rings is 4. The minimum atomic E-state index is -0.442. The molecule has 3 heterocycles. The molecule has 0 aliphatic rings. The highest BCUT2D eigenvalue weighted by Gasteiger charge is 2.21. The van der Waals surface area contributed by atoms with Crippen molar-refractivity contribution in [3.63, 3.8) is 0 Å². The third-order valence-electron chi connectivity index (χ3n) is 12.1. The molecule has 0 aliphatic carbocycles. The molecule has 7 aromatic rings. The molecular formula is C60H74N10O4S. The highest BCUT2D eigenvalue weighted by atomic mass is 32.1. The van der Waals surface area contributed by atoms with Gasteiger partial charge in [-0.15, -0.1) is 11.3 Å². The SMILES string of the molecule is CC(C)(C)c1cc(N)cc(C#N)c1.CC(C)(C)c1cc(N)cc(C(N)=O)c1.CC(CC(=O)c1cc2c(cn1)ncn2C)c1cnc(Cc2cc(C#N)cc(C(C)(C)C)c2)s1.COC(=O)c1cc(N)cc(C(C)(C)C)c1. The quantitative estimate of drug-likeness (QED) is 0.0630. The van der Waals surface area contributed by atoms with E-state index in [9.17, 15) is 19.6 Å². The average molecular weight is 1030 g/mol. The van der Waals surface area contributed by atoms with Crippen LogP contribution in [0.25, 0.3) is 11.0 Å². The molecule has 0 bridgehead atoms. The van der Waals surface area contributed by atoms with Gasteiger partial charge in [0, 0.05) is 53.6 Å². The van der Waals surface area contributed by atoms with Gasteiger partial charge in [-0.1, -0.05) is 96.1 Å². The zero-order chi connectivity index (χ0) is 56.4. The summed E-state index contributed by atoms with van der Waals surface area (Å²) in [5, 5.41) is 19.2. The fraction of sp³-hybridized carbons (Fsp3) is 0.367. The van der Waals surface area contributed by atoms with Crippen molar-refractivity contribution in [1.82, 2.24) is 19.5 Å². The molecule has 0 radical (unpaired) electrons. The zero-order valence-corrected chi connectivity index (χ0v) is 47.1. The standard InChI is InChI=1S/C26H27N5OS.C12H17NO2.C11H16N2O.C11H14N2/c1-16(6-23(32)20-11-22-21(13-28-20)30-15-31(22)5)24-14-29-25(33-24)10-17-7-18(12-27)9-19(8-17)26(2,3)4;1-12(2,3)9-5-8(11(14)15-4)6-10(13)7-9;1-11(2,3)8-4-7(10(13)14)5-9(12)6-8;1-11(2,3)9-4-8(7-12)5-10(13)6-9/h7-9,11,13-16H,6,10H2,1-5H3;5-7H,13H2,1-4H3;4-6H,12H2,1-3H3,(H2,13,14);4-6H,13H2,1-3H3. The van der Waals surface area contributed by atoms with Crippen molar-refractivity contribution in [2.75, 3.05) is 24.3 Å². The summed E-state index contributed by atoms with van der Waals surface area (Å²) >= 11 is 1.63. The summed E-state index contributed by atoms with van der Waals surface area (Å²) in [4.78, 5) is 49.5. The first-order valence-electron chi connectivity index (χ1n) is 24.5. The fourth-order valence-corrected chi connectivity index (χ4v) is 8.47. The van der Waals surface area contributed by atoms with Crippen molar-refractivity contribution in [2.24, 2.45) is 12.8 Å². The van der Waals surface area contributed by atoms with E-state index in [-0.39, 0.29) is 39.3 Å². The van der Waals surface area contributed by atoms with E-state index in [0.29, 0.717) is 57.9 Å². The lowest BCUT2D eigenvalue weighted by Gasteiger charge is -2.20. The number of pyridine rings is 1. The van der Waals surface area contributed by atoms with E-state index < -0.39 is 5.91 Å². The average Bonchev–Trinajstić information content (AvgIpc) is 3.95. The van der Waals surface area contributed by atoms with E-state index in [1.165, 1.54) is 7.11 Å². The molecule has 3 aromatic heterocycles. The third kappa shape index (κ3) is 17.4. The number of nitrogen functional groups attached to an aromatic ring is 3. The summed E-state index contributed by atoms with van der Waals surface area (Å²) in [5.41, 5.74) is 33.9. The second-order valence-electron chi connectivity index (χ2n) is 22.8. The van der Waals surface area contributed by atoms with Crippen molar-refractivity contribution in [2.45, 2.75) is 130 Å². The van der Waals surface area contributed by atoms with Gasteiger partial charge in [0.15, 0.2) is 5.78 Å². The van der Waals surface area contributed by atoms with E-state index in [1.54, 1.807) is 48.1 Å². The van der Waals surface area contributed by atoms with Crippen LogP contribution in [0.2, 0.25) is 0 Å². The number of esters is 1. The van der Waals surface area contributed by atoms with Gasteiger partial charge in [0.25, 0.3) is 0 Å². The number of primary amides is 1. The Morgan fingerprint density at radius 3 is 1.63 bits per heavy atom. The Hall–Kier alpha value is -7.88. The summed E-state index contributed by atoms with van der Waals surface area (Å²) < 4.78 is 6.55. The van der Waals surface area contributed by atoms with Gasteiger partial charge in [0.05, 0.1) is 59.0 Å². The number of nitriles is 2. The number of aryl methyl sites for hydroxylation is 1. The van der Waals surface area contributed by atoms with Crippen molar-refractivity contribution in [3.05, 3.63) is 163 Å². The molecule has 0 spiro atoms. The number of imidazole rings is 1. The number of nitrogens with two attached hydrogens (primary N) is 4. The topological polar surface area (TPSA) is 256 Å². The number of hydrogen-bond donors (Lipinski definition) is 4. The Labute approximate surface area is 447 Å². The molecule has 75 heavy (non-hydrogen) atoms. The number of nitrogens with zero attached hydrogens (tertiary/aromatic N) is 6. The predicted octanol–water partition coefficient (Wildman–Crippen LogP) is 12.0.